The van der Waals surface area contributed by atoms with E-state index in [-0.39, 0.29) is 5.56 Å². The Balaban J connectivity index is 1.79. The van der Waals surface area contributed by atoms with Crippen molar-refractivity contribution < 1.29 is 23.1 Å². The van der Waals surface area contributed by atoms with Gasteiger partial charge >= 0.3 is 6.18 Å². The molecular weight excluding hydrogens is 323 g/mol. The molecule has 1 aromatic carbocycles. The van der Waals surface area contributed by atoms with Crippen LogP contribution >= 0.6 is 0 Å². The predicted octanol–water partition coefficient (Wildman–Crippen LogP) is 1.10. The van der Waals surface area contributed by atoms with E-state index in [0.717, 1.165) is 50.4 Å². The van der Waals surface area contributed by atoms with Crippen LogP contribution in [0.15, 0.2) is 24.3 Å². The number of carbonyl (C=O) groups is 1. The first-order chi connectivity index (χ1) is 11.3. The van der Waals surface area contributed by atoms with E-state index in [1.54, 1.807) is 0 Å². The van der Waals surface area contributed by atoms with Gasteiger partial charge in [0.15, 0.2) is 6.10 Å². The quantitative estimate of drug-likeness (QED) is 0.839. The maximum atomic E-state index is 12.5. The maximum absolute atomic E-state index is 12.5. The summed E-state index contributed by atoms with van der Waals surface area (Å²) in [6, 6.07) is 3.95. The molecule has 1 saturated heterocycles. The third-order valence-electron chi connectivity index (χ3n) is 4.13. The van der Waals surface area contributed by atoms with Gasteiger partial charge in [0.1, 0.15) is 0 Å². The number of hydrogen-bond acceptors (Lipinski definition) is 4. The summed E-state index contributed by atoms with van der Waals surface area (Å²) in [5.41, 5.74) is -0.672. The standard InChI is InChI=1S/C16H22F3N3O2/c1-21-8-10-22(11-9-21)7-6-20-15(24)14(23)12-2-4-13(5-3-12)16(17,18)19/h2-5,14,23H,6-11H2,1H3,(H,20,24)/t14-/m0/s1. The van der Waals surface area contributed by atoms with Gasteiger partial charge in [0.05, 0.1) is 5.56 Å². The molecule has 5 nitrogen and oxygen atoms in total. The zero-order valence-corrected chi connectivity index (χ0v) is 13.5. The Bertz CT molecular complexity index is 540. The normalized spacial score (nSPS) is 18.4. The van der Waals surface area contributed by atoms with Crippen molar-refractivity contribution in [3.8, 4) is 0 Å². The molecule has 0 radical (unpaired) electrons. The SMILES string of the molecule is CN1CCN(CCNC(=O)[C@@H](O)c2ccc(C(F)(F)F)cc2)CC1. The van der Waals surface area contributed by atoms with Crippen molar-refractivity contribution in [2.45, 2.75) is 12.3 Å². The number of amides is 1. The lowest BCUT2D eigenvalue weighted by atomic mass is 10.1. The zero-order chi connectivity index (χ0) is 17.7. The molecule has 0 spiro atoms. The van der Waals surface area contributed by atoms with Crippen molar-refractivity contribution in [1.82, 2.24) is 15.1 Å². The number of benzene rings is 1. The molecule has 0 unspecified atom stereocenters. The van der Waals surface area contributed by atoms with Crippen molar-refractivity contribution in [2.24, 2.45) is 0 Å². The Hall–Kier alpha value is -1.64. The lowest BCUT2D eigenvalue weighted by molar-refractivity contribution is -0.137. The van der Waals surface area contributed by atoms with Crippen molar-refractivity contribution >= 4 is 5.91 Å². The van der Waals surface area contributed by atoms with E-state index in [1.165, 1.54) is 0 Å². The van der Waals surface area contributed by atoms with Gasteiger partial charge in [-0.15, -0.1) is 0 Å². The minimum Gasteiger partial charge on any atom is -0.378 e. The van der Waals surface area contributed by atoms with E-state index >= 15 is 0 Å². The summed E-state index contributed by atoms with van der Waals surface area (Å²) in [6.45, 7) is 4.87. The van der Waals surface area contributed by atoms with Gasteiger partial charge in [-0.3, -0.25) is 9.69 Å². The fraction of sp³-hybridized carbons (Fsp3) is 0.562. The van der Waals surface area contributed by atoms with E-state index in [0.29, 0.717) is 13.1 Å². The minimum atomic E-state index is -4.44. The van der Waals surface area contributed by atoms with Crippen molar-refractivity contribution in [1.29, 1.82) is 0 Å². The van der Waals surface area contributed by atoms with Crippen LogP contribution in [0.1, 0.15) is 17.2 Å². The molecule has 2 rings (SSSR count). The summed E-state index contributed by atoms with van der Waals surface area (Å²) in [5, 5.41) is 12.6. The molecule has 1 aromatic rings. The molecule has 134 valence electrons. The van der Waals surface area contributed by atoms with Gasteiger partial charge in [0, 0.05) is 39.3 Å². The van der Waals surface area contributed by atoms with E-state index in [2.05, 4.69) is 22.2 Å². The summed E-state index contributed by atoms with van der Waals surface area (Å²) < 4.78 is 37.5. The van der Waals surface area contributed by atoms with Crippen LogP contribution in [0.25, 0.3) is 0 Å². The molecule has 1 amide bonds. The van der Waals surface area contributed by atoms with Crippen molar-refractivity contribution in [2.75, 3.05) is 46.3 Å². The Morgan fingerprint density at radius 1 is 1.21 bits per heavy atom. The summed E-state index contributed by atoms with van der Waals surface area (Å²) in [5.74, 6) is -0.608. The first-order valence-electron chi connectivity index (χ1n) is 7.81. The van der Waals surface area contributed by atoms with Crippen LogP contribution < -0.4 is 5.32 Å². The highest BCUT2D eigenvalue weighted by molar-refractivity contribution is 5.81. The molecule has 1 aliphatic heterocycles. The second-order valence-corrected chi connectivity index (χ2v) is 5.96. The monoisotopic (exact) mass is 345 g/mol. The van der Waals surface area contributed by atoms with Gasteiger partial charge in [-0.05, 0) is 24.7 Å². The Labute approximate surface area is 139 Å². The highest BCUT2D eigenvalue weighted by Gasteiger charge is 2.30. The molecule has 1 aliphatic rings. The molecule has 0 aromatic heterocycles. The number of aliphatic hydroxyl groups excluding tert-OH is 1. The summed E-state index contributed by atoms with van der Waals surface area (Å²) in [7, 11) is 2.06. The van der Waals surface area contributed by atoms with E-state index in [4.69, 9.17) is 0 Å². The first-order valence-corrected chi connectivity index (χ1v) is 7.81. The predicted molar refractivity (Wildman–Crippen MR) is 83.4 cm³/mol. The smallest absolute Gasteiger partial charge is 0.378 e. The first kappa shape index (κ1) is 18.7. The lowest BCUT2D eigenvalue weighted by Gasteiger charge is -2.32. The molecular formula is C16H22F3N3O2. The van der Waals surface area contributed by atoms with Crippen LogP contribution in [-0.4, -0.2) is 67.1 Å². The third-order valence-corrected chi connectivity index (χ3v) is 4.13. The summed E-state index contributed by atoms with van der Waals surface area (Å²) >= 11 is 0. The van der Waals surface area contributed by atoms with Gasteiger partial charge in [0.25, 0.3) is 5.91 Å². The molecule has 1 fully saturated rings. The van der Waals surface area contributed by atoms with E-state index in [9.17, 15) is 23.1 Å². The Morgan fingerprint density at radius 2 is 1.79 bits per heavy atom. The summed E-state index contributed by atoms with van der Waals surface area (Å²) in [6.07, 6.45) is -5.91. The van der Waals surface area contributed by atoms with Crippen LogP contribution in [0.4, 0.5) is 13.2 Å². The zero-order valence-electron chi connectivity index (χ0n) is 13.5. The fourth-order valence-corrected chi connectivity index (χ4v) is 2.51. The van der Waals surface area contributed by atoms with Crippen molar-refractivity contribution in [3.63, 3.8) is 0 Å². The third kappa shape index (κ3) is 5.19. The van der Waals surface area contributed by atoms with Gasteiger partial charge in [-0.1, -0.05) is 12.1 Å². The fourth-order valence-electron chi connectivity index (χ4n) is 2.51. The second kappa shape index (κ2) is 7.96. The van der Waals surface area contributed by atoms with E-state index in [1.807, 2.05) is 0 Å². The van der Waals surface area contributed by atoms with Crippen LogP contribution in [0.5, 0.6) is 0 Å². The van der Waals surface area contributed by atoms with Crippen LogP contribution in [0, 0.1) is 0 Å². The molecule has 0 aliphatic carbocycles. The maximum Gasteiger partial charge on any atom is 0.416 e. The number of alkyl halides is 3. The number of hydrogen-bond donors (Lipinski definition) is 2. The number of likely N-dealkylation sites (N-methyl/N-ethyl adjacent to an activating group) is 1. The number of aliphatic hydroxyl groups is 1. The average Bonchev–Trinajstić information content (AvgIpc) is 2.55. The highest BCUT2D eigenvalue weighted by Crippen LogP contribution is 2.29. The number of piperazine rings is 1. The van der Waals surface area contributed by atoms with E-state index < -0.39 is 23.8 Å². The average molecular weight is 345 g/mol. The van der Waals surface area contributed by atoms with Gasteiger partial charge in [-0.2, -0.15) is 13.2 Å². The summed E-state index contributed by atoms with van der Waals surface area (Å²) in [4.78, 5) is 16.3. The van der Waals surface area contributed by atoms with Crippen LogP contribution in [-0.2, 0) is 11.0 Å². The van der Waals surface area contributed by atoms with Gasteiger partial charge < -0.3 is 15.3 Å². The Morgan fingerprint density at radius 3 is 2.33 bits per heavy atom. The molecule has 0 saturated carbocycles. The largest absolute Gasteiger partial charge is 0.416 e. The minimum absolute atomic E-state index is 0.139. The number of carbonyl (C=O) groups excluding carboxylic acids is 1. The van der Waals surface area contributed by atoms with Crippen LogP contribution in [0.3, 0.4) is 0 Å². The number of nitrogens with zero attached hydrogens (tertiary/aromatic N) is 2. The molecule has 2 N–H and O–H groups in total. The van der Waals surface area contributed by atoms with Crippen LogP contribution in [0.2, 0.25) is 0 Å². The van der Waals surface area contributed by atoms with Crippen molar-refractivity contribution in [3.05, 3.63) is 35.4 Å². The molecule has 1 atom stereocenters. The number of nitrogens with one attached hydrogen (secondary N) is 1. The Kier molecular flexibility index (Phi) is 6.20. The second-order valence-electron chi connectivity index (χ2n) is 5.96. The molecule has 8 heteroatoms. The number of halogens is 3. The highest BCUT2D eigenvalue weighted by atomic mass is 19.4. The topological polar surface area (TPSA) is 55.8 Å². The lowest BCUT2D eigenvalue weighted by Crippen LogP contribution is -2.47. The van der Waals surface area contributed by atoms with Gasteiger partial charge in [-0.25, -0.2) is 0 Å². The number of rotatable bonds is 5. The molecule has 0 bridgehead atoms. The van der Waals surface area contributed by atoms with Gasteiger partial charge in [0.2, 0.25) is 0 Å². The molecule has 1 heterocycles. The molecule has 24 heavy (non-hydrogen) atoms.